The second-order valence-corrected chi connectivity index (χ2v) is 6.81. The zero-order valence-electron chi connectivity index (χ0n) is 17.2. The number of primary amides is 1. The number of halogens is 1. The smallest absolute Gasteiger partial charge is 0.338 e. The average Bonchev–Trinajstić information content (AvgIpc) is 2.67. The summed E-state index contributed by atoms with van der Waals surface area (Å²) in [6.45, 7) is 5.56. The molecule has 0 saturated carbocycles. The van der Waals surface area contributed by atoms with Crippen LogP contribution < -0.4 is 25.8 Å². The van der Waals surface area contributed by atoms with Gasteiger partial charge in [-0.15, -0.1) is 0 Å². The highest BCUT2D eigenvalue weighted by Crippen LogP contribution is 2.40. The molecular weight excluding hydrogens is 414 g/mol. The number of amides is 3. The number of rotatable bonds is 10. The molecule has 0 aliphatic carbocycles. The molecule has 1 heterocycles. The van der Waals surface area contributed by atoms with Gasteiger partial charge in [0.1, 0.15) is 0 Å². The zero-order valence-corrected chi connectivity index (χ0v) is 17.9. The molecule has 0 spiro atoms. The molecule has 30 heavy (non-hydrogen) atoms. The van der Waals surface area contributed by atoms with Crippen LogP contribution in [0.2, 0.25) is 5.02 Å². The highest BCUT2D eigenvalue weighted by molar-refractivity contribution is 6.31. The fourth-order valence-corrected chi connectivity index (χ4v) is 3.31. The van der Waals surface area contributed by atoms with Crippen molar-refractivity contribution in [3.05, 3.63) is 34.0 Å². The van der Waals surface area contributed by atoms with Crippen LogP contribution in [-0.2, 0) is 14.3 Å². The van der Waals surface area contributed by atoms with Gasteiger partial charge in [-0.3, -0.25) is 4.79 Å². The van der Waals surface area contributed by atoms with E-state index in [1.165, 1.54) is 6.07 Å². The molecule has 1 aliphatic heterocycles. The molecule has 4 N–H and O–H groups in total. The Hall–Kier alpha value is -2.94. The monoisotopic (exact) mass is 439 g/mol. The number of nitrogens with two attached hydrogens (primary N) is 1. The summed E-state index contributed by atoms with van der Waals surface area (Å²) in [5.41, 5.74) is 6.32. The summed E-state index contributed by atoms with van der Waals surface area (Å²) in [7, 11) is 0. The minimum absolute atomic E-state index is 0.181. The summed E-state index contributed by atoms with van der Waals surface area (Å²) in [5.74, 6) is -0.687. The summed E-state index contributed by atoms with van der Waals surface area (Å²) in [4.78, 5) is 36.0. The van der Waals surface area contributed by atoms with Crippen LogP contribution in [0.1, 0.15) is 45.2 Å². The molecule has 3 amide bonds. The molecule has 1 aromatic carbocycles. The molecule has 0 saturated heterocycles. The number of esters is 1. The predicted molar refractivity (Wildman–Crippen MR) is 110 cm³/mol. The van der Waals surface area contributed by atoms with Gasteiger partial charge in [0.15, 0.2) is 18.1 Å². The maximum Gasteiger partial charge on any atom is 0.338 e. The highest BCUT2D eigenvalue weighted by atomic mass is 35.5. The van der Waals surface area contributed by atoms with Crippen LogP contribution in [0.5, 0.6) is 11.5 Å². The van der Waals surface area contributed by atoms with E-state index in [0.29, 0.717) is 36.5 Å². The van der Waals surface area contributed by atoms with Gasteiger partial charge >= 0.3 is 12.0 Å². The van der Waals surface area contributed by atoms with E-state index in [9.17, 15) is 14.4 Å². The summed E-state index contributed by atoms with van der Waals surface area (Å²) in [6, 6.07) is 1.72. The summed E-state index contributed by atoms with van der Waals surface area (Å²) >= 11 is 6.47. The van der Waals surface area contributed by atoms with Crippen LogP contribution >= 0.6 is 11.6 Å². The first-order valence-electron chi connectivity index (χ1n) is 9.67. The second kappa shape index (κ2) is 10.7. The molecule has 0 bridgehead atoms. The molecule has 10 heteroatoms. The molecule has 1 aliphatic rings. The number of allylic oxidation sites excluding steroid dienone is 1. The Morgan fingerprint density at radius 3 is 2.43 bits per heavy atom. The van der Waals surface area contributed by atoms with E-state index in [-0.39, 0.29) is 29.6 Å². The zero-order chi connectivity index (χ0) is 22.3. The standard InChI is InChI=1S/C20H26ClN3O6/c1-4-7-13-17(19(26)29-6-3)18(24-20(27)23-13)11-8-14(28-5-2)15(9-12(11)21)30-10-16(22)25/h8-9,18H,4-7,10H2,1-3H3,(H2,22,25)(H2,23,24,27)/t18-/m1/s1. The highest BCUT2D eigenvalue weighted by Gasteiger charge is 2.35. The van der Waals surface area contributed by atoms with E-state index in [2.05, 4.69) is 10.6 Å². The minimum Gasteiger partial charge on any atom is -0.490 e. The molecule has 1 aromatic rings. The Balaban J connectivity index is 2.58. The summed E-state index contributed by atoms with van der Waals surface area (Å²) < 4.78 is 16.2. The Morgan fingerprint density at radius 2 is 1.83 bits per heavy atom. The molecule has 9 nitrogen and oxygen atoms in total. The van der Waals surface area contributed by atoms with Crippen molar-refractivity contribution in [2.45, 2.75) is 39.7 Å². The van der Waals surface area contributed by atoms with E-state index in [1.807, 2.05) is 6.92 Å². The van der Waals surface area contributed by atoms with Gasteiger partial charge in [0.25, 0.3) is 5.91 Å². The topological polar surface area (TPSA) is 129 Å². The normalized spacial score (nSPS) is 15.9. The Morgan fingerprint density at radius 1 is 1.13 bits per heavy atom. The third kappa shape index (κ3) is 5.56. The molecule has 1 atom stereocenters. The van der Waals surface area contributed by atoms with Crippen LogP contribution in [-0.4, -0.2) is 37.7 Å². The fraction of sp³-hybridized carbons (Fsp3) is 0.450. The first kappa shape index (κ1) is 23.3. The van der Waals surface area contributed by atoms with Crippen molar-refractivity contribution in [3.63, 3.8) is 0 Å². The van der Waals surface area contributed by atoms with Gasteiger partial charge in [-0.25, -0.2) is 9.59 Å². The largest absolute Gasteiger partial charge is 0.490 e. The number of ether oxygens (including phenoxy) is 3. The van der Waals surface area contributed by atoms with Crippen LogP contribution in [0.3, 0.4) is 0 Å². The first-order chi connectivity index (χ1) is 14.3. The lowest BCUT2D eigenvalue weighted by Gasteiger charge is -2.30. The van der Waals surface area contributed by atoms with Crippen molar-refractivity contribution in [2.75, 3.05) is 19.8 Å². The van der Waals surface area contributed by atoms with Gasteiger partial charge < -0.3 is 30.6 Å². The number of hydrogen-bond acceptors (Lipinski definition) is 6. The number of carbonyl (C=O) groups is 3. The fourth-order valence-electron chi connectivity index (χ4n) is 3.05. The van der Waals surface area contributed by atoms with Crippen LogP contribution in [0, 0.1) is 0 Å². The SMILES string of the molecule is CCCC1=C(C(=O)OCC)[C@@H](c2cc(OCC)c(OCC(N)=O)cc2Cl)NC(=O)N1. The molecule has 0 aromatic heterocycles. The second-order valence-electron chi connectivity index (χ2n) is 6.40. The van der Waals surface area contributed by atoms with Gasteiger partial charge in [0, 0.05) is 17.3 Å². The van der Waals surface area contributed by atoms with Crippen molar-refractivity contribution in [2.24, 2.45) is 5.73 Å². The first-order valence-corrected chi connectivity index (χ1v) is 10.0. The number of carbonyl (C=O) groups excluding carboxylic acids is 3. The number of urea groups is 1. The number of nitrogens with one attached hydrogen (secondary N) is 2. The predicted octanol–water partition coefficient (Wildman–Crippen LogP) is 2.57. The molecule has 0 radical (unpaired) electrons. The third-order valence-corrected chi connectivity index (χ3v) is 4.52. The lowest BCUT2D eigenvalue weighted by Crippen LogP contribution is -2.46. The van der Waals surface area contributed by atoms with Crippen molar-refractivity contribution >= 4 is 29.5 Å². The summed E-state index contributed by atoms with van der Waals surface area (Å²) in [6.07, 6.45) is 1.19. The van der Waals surface area contributed by atoms with Crippen LogP contribution in [0.4, 0.5) is 4.79 Å². The maximum atomic E-state index is 12.7. The van der Waals surface area contributed by atoms with Crippen molar-refractivity contribution in [1.29, 1.82) is 0 Å². The van der Waals surface area contributed by atoms with E-state index in [1.54, 1.807) is 19.9 Å². The molecule has 164 valence electrons. The van der Waals surface area contributed by atoms with Gasteiger partial charge in [-0.05, 0) is 26.3 Å². The molecule has 0 fully saturated rings. The Labute approximate surface area is 179 Å². The molecule has 0 unspecified atom stereocenters. The van der Waals surface area contributed by atoms with Gasteiger partial charge in [-0.1, -0.05) is 24.9 Å². The average molecular weight is 440 g/mol. The Bertz CT molecular complexity index is 855. The van der Waals surface area contributed by atoms with Crippen LogP contribution in [0.25, 0.3) is 0 Å². The molecular formula is C20H26ClN3O6. The lowest BCUT2D eigenvalue weighted by atomic mass is 9.93. The van der Waals surface area contributed by atoms with E-state index in [0.717, 1.165) is 0 Å². The third-order valence-electron chi connectivity index (χ3n) is 4.19. The van der Waals surface area contributed by atoms with Gasteiger partial charge in [0.2, 0.25) is 0 Å². The number of hydrogen-bond donors (Lipinski definition) is 3. The van der Waals surface area contributed by atoms with Gasteiger partial charge in [0.05, 0.1) is 29.9 Å². The summed E-state index contributed by atoms with van der Waals surface area (Å²) in [5, 5.41) is 5.63. The van der Waals surface area contributed by atoms with Crippen molar-refractivity contribution < 1.29 is 28.6 Å². The maximum absolute atomic E-state index is 12.7. The van der Waals surface area contributed by atoms with Crippen molar-refractivity contribution in [1.82, 2.24) is 10.6 Å². The minimum atomic E-state index is -0.851. The van der Waals surface area contributed by atoms with Crippen LogP contribution in [0.15, 0.2) is 23.4 Å². The van der Waals surface area contributed by atoms with E-state index >= 15 is 0 Å². The van der Waals surface area contributed by atoms with Crippen molar-refractivity contribution in [3.8, 4) is 11.5 Å². The molecule has 2 rings (SSSR count). The van der Waals surface area contributed by atoms with E-state index < -0.39 is 23.9 Å². The van der Waals surface area contributed by atoms with Gasteiger partial charge in [-0.2, -0.15) is 0 Å². The van der Waals surface area contributed by atoms with E-state index in [4.69, 9.17) is 31.5 Å². The lowest BCUT2D eigenvalue weighted by molar-refractivity contribution is -0.139. The Kier molecular flexibility index (Phi) is 8.35. The number of benzene rings is 1. The quantitative estimate of drug-likeness (QED) is 0.480.